The summed E-state index contributed by atoms with van der Waals surface area (Å²) in [6.45, 7) is 1.90. The van der Waals surface area contributed by atoms with Gasteiger partial charge in [-0.2, -0.15) is 5.26 Å². The molecule has 22 heavy (non-hydrogen) atoms. The molecule has 0 aliphatic rings. The third-order valence-corrected chi connectivity index (χ3v) is 2.64. The van der Waals surface area contributed by atoms with Gasteiger partial charge in [-0.05, 0) is 43.3 Å². The molecule has 0 N–H and O–H groups in total. The lowest BCUT2D eigenvalue weighted by molar-refractivity contribution is 0.0519. The fraction of sp³-hybridized carbons (Fsp3) is 0.125. The molecule has 2 rings (SSSR count). The number of aromatic nitrogens is 1. The van der Waals surface area contributed by atoms with Gasteiger partial charge < -0.3 is 9.47 Å². The zero-order valence-corrected chi connectivity index (χ0v) is 11.8. The maximum absolute atomic E-state index is 12.0. The number of nitrogens with zero attached hydrogens (tertiary/aromatic N) is 2. The minimum Gasteiger partial charge on any atom is -0.461 e. The molecule has 6 nitrogen and oxygen atoms in total. The van der Waals surface area contributed by atoms with Gasteiger partial charge in [0.05, 0.1) is 18.2 Å². The van der Waals surface area contributed by atoms with Gasteiger partial charge in [0.15, 0.2) is 0 Å². The minimum atomic E-state index is -0.698. The van der Waals surface area contributed by atoms with Crippen LogP contribution in [0.2, 0.25) is 0 Å². The highest BCUT2D eigenvalue weighted by Crippen LogP contribution is 2.13. The average molecular weight is 296 g/mol. The van der Waals surface area contributed by atoms with Gasteiger partial charge in [0.2, 0.25) is 0 Å². The standard InChI is InChI=1S/C16H12N2O4/c1-2-21-15(19)13-4-3-5-14(18-13)16(20)22-12-8-6-11(10-17)7-9-12/h3-9H,2H2,1H3. The van der Waals surface area contributed by atoms with E-state index >= 15 is 0 Å². The van der Waals surface area contributed by atoms with Crippen LogP contribution in [0.15, 0.2) is 42.5 Å². The van der Waals surface area contributed by atoms with E-state index in [2.05, 4.69) is 4.98 Å². The summed E-state index contributed by atoms with van der Waals surface area (Å²) in [5.41, 5.74) is 0.494. The van der Waals surface area contributed by atoms with Gasteiger partial charge in [-0.3, -0.25) is 0 Å². The highest BCUT2D eigenvalue weighted by molar-refractivity contribution is 5.92. The number of benzene rings is 1. The highest BCUT2D eigenvalue weighted by atomic mass is 16.5. The Kier molecular flexibility index (Phi) is 4.83. The molecule has 0 atom stereocenters. The lowest BCUT2D eigenvalue weighted by atomic mass is 10.2. The molecule has 6 heteroatoms. The van der Waals surface area contributed by atoms with Crippen molar-refractivity contribution in [3.05, 3.63) is 59.4 Å². The van der Waals surface area contributed by atoms with Crippen molar-refractivity contribution in [3.63, 3.8) is 0 Å². The molecule has 1 heterocycles. The van der Waals surface area contributed by atoms with Crippen LogP contribution in [-0.2, 0) is 4.74 Å². The van der Waals surface area contributed by atoms with E-state index in [-0.39, 0.29) is 23.7 Å². The van der Waals surface area contributed by atoms with Crippen LogP contribution >= 0.6 is 0 Å². The number of carbonyl (C=O) groups is 2. The van der Waals surface area contributed by atoms with Crippen molar-refractivity contribution >= 4 is 11.9 Å². The molecule has 1 aromatic carbocycles. The maximum atomic E-state index is 12.0. The van der Waals surface area contributed by atoms with Crippen LogP contribution in [0.1, 0.15) is 33.5 Å². The lowest BCUT2D eigenvalue weighted by Crippen LogP contribution is -2.14. The van der Waals surface area contributed by atoms with Gasteiger partial charge in [-0.15, -0.1) is 0 Å². The quantitative estimate of drug-likeness (QED) is 0.635. The topological polar surface area (TPSA) is 89.3 Å². The summed E-state index contributed by atoms with van der Waals surface area (Å²) in [6, 6.07) is 12.5. The minimum absolute atomic E-state index is 0.00471. The van der Waals surface area contributed by atoms with Crippen LogP contribution in [0, 0.1) is 11.3 Å². The van der Waals surface area contributed by atoms with Crippen LogP contribution < -0.4 is 4.74 Å². The summed E-state index contributed by atoms with van der Waals surface area (Å²) < 4.78 is 9.95. The normalized spacial score (nSPS) is 9.64. The summed E-state index contributed by atoms with van der Waals surface area (Å²) in [5, 5.41) is 8.70. The Bertz CT molecular complexity index is 733. The number of nitriles is 1. The molecule has 2 aromatic rings. The largest absolute Gasteiger partial charge is 0.461 e. The summed E-state index contributed by atoms with van der Waals surface area (Å²) in [7, 11) is 0. The van der Waals surface area contributed by atoms with Crippen LogP contribution in [-0.4, -0.2) is 23.5 Å². The number of hydrogen-bond acceptors (Lipinski definition) is 6. The van der Waals surface area contributed by atoms with Gasteiger partial charge >= 0.3 is 11.9 Å². The summed E-state index contributed by atoms with van der Waals surface area (Å²) in [4.78, 5) is 27.5. The summed E-state index contributed by atoms with van der Waals surface area (Å²) in [5.74, 6) is -1.02. The predicted octanol–water partition coefficient (Wildman–Crippen LogP) is 2.35. The maximum Gasteiger partial charge on any atom is 0.362 e. The first-order chi connectivity index (χ1) is 10.6. The molecule has 110 valence electrons. The Morgan fingerprint density at radius 1 is 1.09 bits per heavy atom. The van der Waals surface area contributed by atoms with Gasteiger partial charge in [0, 0.05) is 0 Å². The monoisotopic (exact) mass is 296 g/mol. The Balaban J connectivity index is 2.13. The second-order valence-electron chi connectivity index (χ2n) is 4.15. The zero-order chi connectivity index (χ0) is 15.9. The van der Waals surface area contributed by atoms with E-state index in [1.807, 2.05) is 6.07 Å². The Labute approximate surface area is 126 Å². The van der Waals surface area contributed by atoms with E-state index in [4.69, 9.17) is 14.7 Å². The van der Waals surface area contributed by atoms with Gasteiger partial charge in [0.25, 0.3) is 0 Å². The van der Waals surface area contributed by atoms with Gasteiger partial charge in [-0.25, -0.2) is 14.6 Å². The third-order valence-electron chi connectivity index (χ3n) is 2.64. The fourth-order valence-electron chi connectivity index (χ4n) is 1.62. The number of carbonyl (C=O) groups excluding carboxylic acids is 2. The molecular formula is C16H12N2O4. The molecule has 1 aromatic heterocycles. The Hall–Kier alpha value is -3.20. The van der Waals surface area contributed by atoms with E-state index in [0.29, 0.717) is 5.56 Å². The second-order valence-corrected chi connectivity index (χ2v) is 4.15. The SMILES string of the molecule is CCOC(=O)c1cccc(C(=O)Oc2ccc(C#N)cc2)n1. The van der Waals surface area contributed by atoms with Crippen molar-refractivity contribution < 1.29 is 19.1 Å². The number of pyridine rings is 1. The van der Waals surface area contributed by atoms with Crippen molar-refractivity contribution in [1.82, 2.24) is 4.98 Å². The lowest BCUT2D eigenvalue weighted by Gasteiger charge is -2.05. The number of esters is 2. The molecular weight excluding hydrogens is 284 g/mol. The number of ether oxygens (including phenoxy) is 2. The zero-order valence-electron chi connectivity index (χ0n) is 11.8. The van der Waals surface area contributed by atoms with Gasteiger partial charge in [0.1, 0.15) is 17.1 Å². The highest BCUT2D eigenvalue weighted by Gasteiger charge is 2.14. The second kappa shape index (κ2) is 6.99. The van der Waals surface area contributed by atoms with E-state index in [1.54, 1.807) is 6.92 Å². The van der Waals surface area contributed by atoms with Crippen molar-refractivity contribution in [2.24, 2.45) is 0 Å². The molecule has 0 spiro atoms. The van der Waals surface area contributed by atoms with Crippen molar-refractivity contribution in [3.8, 4) is 11.8 Å². The molecule has 0 radical (unpaired) electrons. The molecule has 0 amide bonds. The molecule has 0 saturated heterocycles. The van der Waals surface area contributed by atoms with E-state index in [9.17, 15) is 9.59 Å². The van der Waals surface area contributed by atoms with E-state index in [1.165, 1.54) is 42.5 Å². The Morgan fingerprint density at radius 2 is 1.73 bits per heavy atom. The molecule has 0 aliphatic heterocycles. The molecule has 0 fully saturated rings. The van der Waals surface area contributed by atoms with Crippen molar-refractivity contribution in [2.75, 3.05) is 6.61 Å². The van der Waals surface area contributed by atoms with Crippen LogP contribution in [0.4, 0.5) is 0 Å². The van der Waals surface area contributed by atoms with Crippen LogP contribution in [0.25, 0.3) is 0 Å². The smallest absolute Gasteiger partial charge is 0.362 e. The molecule has 0 bridgehead atoms. The van der Waals surface area contributed by atoms with Crippen molar-refractivity contribution in [1.29, 1.82) is 5.26 Å². The van der Waals surface area contributed by atoms with Crippen LogP contribution in [0.5, 0.6) is 5.75 Å². The van der Waals surface area contributed by atoms with Gasteiger partial charge in [-0.1, -0.05) is 6.07 Å². The van der Waals surface area contributed by atoms with Crippen molar-refractivity contribution in [2.45, 2.75) is 6.92 Å². The first-order valence-electron chi connectivity index (χ1n) is 6.50. The number of hydrogen-bond donors (Lipinski definition) is 0. The predicted molar refractivity (Wildman–Crippen MR) is 76.3 cm³/mol. The van der Waals surface area contributed by atoms with Crippen LogP contribution in [0.3, 0.4) is 0 Å². The average Bonchev–Trinajstić information content (AvgIpc) is 2.56. The summed E-state index contributed by atoms with van der Waals surface area (Å²) >= 11 is 0. The fourth-order valence-corrected chi connectivity index (χ4v) is 1.62. The molecule has 0 saturated carbocycles. The molecule has 0 aliphatic carbocycles. The van der Waals surface area contributed by atoms with E-state index in [0.717, 1.165) is 0 Å². The summed E-state index contributed by atoms with van der Waals surface area (Å²) in [6.07, 6.45) is 0. The first-order valence-corrected chi connectivity index (χ1v) is 6.50. The number of rotatable bonds is 4. The first kappa shape index (κ1) is 15.2. The van der Waals surface area contributed by atoms with E-state index < -0.39 is 11.9 Å². The Morgan fingerprint density at radius 3 is 2.32 bits per heavy atom. The third kappa shape index (κ3) is 3.67. The molecule has 0 unspecified atom stereocenters.